The Kier molecular flexibility index (Phi) is 4.62. The predicted molar refractivity (Wildman–Crippen MR) is 99.7 cm³/mol. The highest BCUT2D eigenvalue weighted by Crippen LogP contribution is 2.30. The van der Waals surface area contributed by atoms with Gasteiger partial charge in [0.05, 0.1) is 0 Å². The van der Waals surface area contributed by atoms with Crippen molar-refractivity contribution in [2.75, 3.05) is 20.1 Å². The second kappa shape index (κ2) is 7.04. The van der Waals surface area contributed by atoms with E-state index in [-0.39, 0.29) is 5.91 Å². The molecule has 4 rings (SSSR count). The fourth-order valence-corrected chi connectivity index (χ4v) is 4.47. The Morgan fingerprint density at radius 2 is 1.68 bits per heavy atom. The van der Waals surface area contributed by atoms with Gasteiger partial charge in [0.25, 0.3) is 5.91 Å². The Balaban J connectivity index is 1.46. The molecule has 132 valence electrons. The zero-order valence-corrected chi connectivity index (χ0v) is 15.0. The molecule has 2 atom stereocenters. The van der Waals surface area contributed by atoms with Crippen LogP contribution in [0.15, 0.2) is 48.8 Å². The van der Waals surface area contributed by atoms with Crippen molar-refractivity contribution in [2.45, 2.75) is 44.3 Å². The lowest BCUT2D eigenvalue weighted by molar-refractivity contribution is 0.0664. The van der Waals surface area contributed by atoms with Gasteiger partial charge in [0.1, 0.15) is 0 Å². The van der Waals surface area contributed by atoms with Crippen LogP contribution in [-0.4, -0.2) is 52.5 Å². The summed E-state index contributed by atoms with van der Waals surface area (Å²) in [6.07, 6.45) is 8.88. The van der Waals surface area contributed by atoms with Gasteiger partial charge in [0, 0.05) is 43.1 Å². The van der Waals surface area contributed by atoms with Gasteiger partial charge < -0.3 is 14.4 Å². The van der Waals surface area contributed by atoms with Crippen molar-refractivity contribution < 1.29 is 4.79 Å². The van der Waals surface area contributed by atoms with Gasteiger partial charge in [-0.2, -0.15) is 0 Å². The first-order valence-corrected chi connectivity index (χ1v) is 9.43. The summed E-state index contributed by atoms with van der Waals surface area (Å²) in [4.78, 5) is 17.6. The van der Waals surface area contributed by atoms with Crippen LogP contribution in [0.25, 0.3) is 0 Å². The van der Waals surface area contributed by atoms with Gasteiger partial charge in [-0.05, 0) is 69.1 Å². The lowest BCUT2D eigenvalue weighted by Crippen LogP contribution is -2.47. The summed E-state index contributed by atoms with van der Waals surface area (Å²) in [6.45, 7) is 2.91. The Morgan fingerprint density at radius 1 is 1.00 bits per heavy atom. The number of carbonyl (C=O) groups is 1. The smallest absolute Gasteiger partial charge is 0.254 e. The minimum Gasteiger partial charge on any atom is -0.350 e. The molecule has 3 heterocycles. The number of likely N-dealkylation sites (N-methyl/N-ethyl adjacent to an activating group) is 1. The van der Waals surface area contributed by atoms with E-state index in [4.69, 9.17) is 0 Å². The second-order valence-electron chi connectivity index (χ2n) is 7.45. The minimum atomic E-state index is 0.204. The van der Waals surface area contributed by atoms with Crippen LogP contribution in [0.2, 0.25) is 0 Å². The molecule has 0 unspecified atom stereocenters. The van der Waals surface area contributed by atoms with Crippen LogP contribution >= 0.6 is 0 Å². The molecular formula is C21H27N3O. The number of likely N-dealkylation sites (tertiary alicyclic amines) is 2. The molecule has 4 nitrogen and oxygen atoms in total. The largest absolute Gasteiger partial charge is 0.350 e. The molecule has 1 aromatic carbocycles. The lowest BCUT2D eigenvalue weighted by Gasteiger charge is -2.33. The summed E-state index contributed by atoms with van der Waals surface area (Å²) in [6, 6.07) is 13.2. The van der Waals surface area contributed by atoms with Crippen LogP contribution in [0, 0.1) is 0 Å². The quantitative estimate of drug-likeness (QED) is 0.857. The van der Waals surface area contributed by atoms with E-state index in [9.17, 15) is 4.79 Å². The molecule has 1 aromatic heterocycles. The van der Waals surface area contributed by atoms with Crippen LogP contribution in [0.4, 0.5) is 0 Å². The molecule has 0 aliphatic carbocycles. The van der Waals surface area contributed by atoms with E-state index in [0.717, 1.165) is 38.0 Å². The van der Waals surface area contributed by atoms with E-state index >= 15 is 0 Å². The number of hydrogen-bond donors (Lipinski definition) is 0. The molecule has 0 radical (unpaired) electrons. The Morgan fingerprint density at radius 3 is 2.36 bits per heavy atom. The van der Waals surface area contributed by atoms with Gasteiger partial charge >= 0.3 is 0 Å². The SMILES string of the molecule is CN1CCC[C@@H]1[C@H]1CCCN1C(=O)c1ccc(Cn2cccc2)cc1. The first-order chi connectivity index (χ1) is 12.2. The van der Waals surface area contributed by atoms with E-state index < -0.39 is 0 Å². The van der Waals surface area contributed by atoms with Crippen molar-refractivity contribution in [1.29, 1.82) is 0 Å². The van der Waals surface area contributed by atoms with E-state index in [1.165, 1.54) is 18.4 Å². The zero-order valence-electron chi connectivity index (χ0n) is 15.0. The van der Waals surface area contributed by atoms with Crippen LogP contribution in [0.1, 0.15) is 41.6 Å². The Bertz CT molecular complexity index is 707. The van der Waals surface area contributed by atoms with Crippen molar-refractivity contribution in [1.82, 2.24) is 14.4 Å². The van der Waals surface area contributed by atoms with Crippen molar-refractivity contribution in [2.24, 2.45) is 0 Å². The summed E-state index contributed by atoms with van der Waals surface area (Å²) in [5.74, 6) is 0.204. The summed E-state index contributed by atoms with van der Waals surface area (Å²) in [5, 5.41) is 0. The lowest BCUT2D eigenvalue weighted by atomic mass is 10.0. The average molecular weight is 337 g/mol. The Labute approximate surface area is 150 Å². The number of nitrogens with zero attached hydrogens (tertiary/aromatic N) is 3. The molecule has 2 fully saturated rings. The first kappa shape index (κ1) is 16.4. The summed E-state index contributed by atoms with van der Waals surface area (Å²) in [7, 11) is 2.20. The highest BCUT2D eigenvalue weighted by molar-refractivity contribution is 5.94. The molecule has 0 N–H and O–H groups in total. The molecule has 0 bridgehead atoms. The van der Waals surface area contributed by atoms with E-state index in [1.807, 2.05) is 24.3 Å². The molecule has 2 aliphatic rings. The number of aromatic nitrogens is 1. The highest BCUT2D eigenvalue weighted by atomic mass is 16.2. The van der Waals surface area contributed by atoms with Gasteiger partial charge in [-0.25, -0.2) is 0 Å². The predicted octanol–water partition coefficient (Wildman–Crippen LogP) is 3.24. The van der Waals surface area contributed by atoms with Gasteiger partial charge in [-0.3, -0.25) is 4.79 Å². The zero-order chi connectivity index (χ0) is 17.2. The molecule has 1 amide bonds. The fourth-order valence-electron chi connectivity index (χ4n) is 4.47. The number of hydrogen-bond acceptors (Lipinski definition) is 2. The second-order valence-corrected chi connectivity index (χ2v) is 7.45. The topological polar surface area (TPSA) is 28.5 Å². The number of carbonyl (C=O) groups excluding carboxylic acids is 1. The van der Waals surface area contributed by atoms with Crippen molar-refractivity contribution in [3.63, 3.8) is 0 Å². The molecule has 2 aromatic rings. The molecule has 0 spiro atoms. The first-order valence-electron chi connectivity index (χ1n) is 9.43. The van der Waals surface area contributed by atoms with E-state index in [2.05, 4.69) is 45.9 Å². The molecule has 4 heteroatoms. The standard InChI is InChI=1S/C21H27N3O/c1-22-12-4-6-19(22)20-7-5-15-24(20)21(25)18-10-8-17(9-11-18)16-23-13-2-3-14-23/h2-3,8-11,13-14,19-20H,4-7,12,15-16H2,1H3/t19-,20-/m1/s1. The maximum Gasteiger partial charge on any atom is 0.254 e. The molecule has 2 aliphatic heterocycles. The van der Waals surface area contributed by atoms with Crippen molar-refractivity contribution in [3.8, 4) is 0 Å². The van der Waals surface area contributed by atoms with Crippen LogP contribution in [0.5, 0.6) is 0 Å². The summed E-state index contributed by atoms with van der Waals surface area (Å²) < 4.78 is 2.14. The van der Waals surface area contributed by atoms with Crippen molar-refractivity contribution >= 4 is 5.91 Å². The Hall–Kier alpha value is -2.07. The fraction of sp³-hybridized carbons (Fsp3) is 0.476. The third-order valence-corrected chi connectivity index (χ3v) is 5.81. The molecular weight excluding hydrogens is 310 g/mol. The monoisotopic (exact) mass is 337 g/mol. The maximum atomic E-state index is 13.1. The number of amides is 1. The third-order valence-electron chi connectivity index (χ3n) is 5.81. The average Bonchev–Trinajstić information content (AvgIpc) is 3.36. The van der Waals surface area contributed by atoms with Crippen molar-refractivity contribution in [3.05, 3.63) is 59.9 Å². The summed E-state index contributed by atoms with van der Waals surface area (Å²) in [5.41, 5.74) is 2.05. The highest BCUT2D eigenvalue weighted by Gasteiger charge is 2.38. The van der Waals surface area contributed by atoms with Gasteiger partial charge in [0.15, 0.2) is 0 Å². The minimum absolute atomic E-state index is 0.204. The number of rotatable bonds is 4. The van der Waals surface area contributed by atoms with Gasteiger partial charge in [-0.1, -0.05) is 12.1 Å². The summed E-state index contributed by atoms with van der Waals surface area (Å²) >= 11 is 0. The van der Waals surface area contributed by atoms with Crippen LogP contribution < -0.4 is 0 Å². The molecule has 25 heavy (non-hydrogen) atoms. The molecule has 2 saturated heterocycles. The maximum absolute atomic E-state index is 13.1. The third kappa shape index (κ3) is 3.36. The van der Waals surface area contributed by atoms with Crippen LogP contribution in [-0.2, 0) is 6.54 Å². The van der Waals surface area contributed by atoms with Gasteiger partial charge in [-0.15, -0.1) is 0 Å². The van der Waals surface area contributed by atoms with E-state index in [1.54, 1.807) is 0 Å². The van der Waals surface area contributed by atoms with Gasteiger partial charge in [0.2, 0.25) is 0 Å². The molecule has 0 saturated carbocycles. The van der Waals surface area contributed by atoms with E-state index in [0.29, 0.717) is 12.1 Å². The number of benzene rings is 1. The normalized spacial score (nSPS) is 24.1. The van der Waals surface area contributed by atoms with Crippen LogP contribution in [0.3, 0.4) is 0 Å².